The van der Waals surface area contributed by atoms with Crippen molar-refractivity contribution in [2.75, 3.05) is 26.1 Å². The van der Waals surface area contributed by atoms with Crippen LogP contribution in [0.2, 0.25) is 0 Å². The van der Waals surface area contributed by atoms with Gasteiger partial charge in [0, 0.05) is 52.7 Å². The molecule has 22 heteroatoms. The molecule has 2 aromatic rings. The zero-order chi connectivity index (χ0) is 46.6. The van der Waals surface area contributed by atoms with Crippen molar-refractivity contribution >= 4 is 53.0 Å². The fourth-order valence-electron chi connectivity index (χ4n) is 9.88. The van der Waals surface area contributed by atoms with Crippen molar-refractivity contribution in [3.63, 3.8) is 0 Å². The molecule has 8 rings (SSSR count). The van der Waals surface area contributed by atoms with E-state index in [1.807, 2.05) is 0 Å². The van der Waals surface area contributed by atoms with Crippen molar-refractivity contribution in [3.8, 4) is 5.75 Å². The summed E-state index contributed by atoms with van der Waals surface area (Å²) in [5.74, 6) is -7.86. The number of hydrogen-bond donors (Lipinski definition) is 7. The first-order valence-electron chi connectivity index (χ1n) is 20.8. The van der Waals surface area contributed by atoms with Gasteiger partial charge in [0.1, 0.15) is 42.1 Å². The third-order valence-electron chi connectivity index (χ3n) is 13.0. The first kappa shape index (κ1) is 49.4. The summed E-state index contributed by atoms with van der Waals surface area (Å²) in [5, 5.41) is 73.0. The number of alkyl carbamates (subject to hydrolysis) is 1. The van der Waals surface area contributed by atoms with Crippen molar-refractivity contribution in [2.45, 2.75) is 92.5 Å². The van der Waals surface area contributed by atoms with Crippen LogP contribution in [0.4, 0.5) is 4.79 Å². The molecule has 3 aliphatic carbocycles. The maximum absolute atomic E-state index is 14.1. The van der Waals surface area contributed by atoms with Gasteiger partial charge in [-0.1, -0.05) is 42.5 Å². The van der Waals surface area contributed by atoms with Crippen molar-refractivity contribution in [2.24, 2.45) is 11.8 Å². The minimum absolute atomic E-state index is 0. The van der Waals surface area contributed by atoms with Gasteiger partial charge in [-0.2, -0.15) is 0 Å². The predicted octanol–water partition coefficient (Wildman–Crippen LogP) is -4.95. The van der Waals surface area contributed by atoms with Crippen LogP contribution < -0.4 is 50.0 Å². The van der Waals surface area contributed by atoms with Crippen molar-refractivity contribution < 1.29 is 113 Å². The molecule has 12 atom stereocenters. The van der Waals surface area contributed by atoms with E-state index in [0.717, 1.165) is 22.2 Å². The van der Waals surface area contributed by atoms with Gasteiger partial charge in [-0.3, -0.25) is 28.9 Å². The molecule has 0 bridgehead atoms. The number of hydrogen-bond acceptors (Lipinski definition) is 18. The number of benzene rings is 2. The molecule has 0 radical (unpaired) electrons. The molecule has 66 heavy (non-hydrogen) atoms. The molecule has 3 amide bonds. The van der Waals surface area contributed by atoms with E-state index in [1.165, 1.54) is 32.2 Å². The molecule has 3 fully saturated rings. The second-order valence-corrected chi connectivity index (χ2v) is 18.0. The number of aliphatic hydroxyl groups is 5. The van der Waals surface area contributed by atoms with Gasteiger partial charge in [-0.15, -0.1) is 11.8 Å². The number of nitrogens with one attached hydrogen (secondary N) is 2. The number of ketones is 3. The van der Waals surface area contributed by atoms with Crippen LogP contribution in [0.3, 0.4) is 0 Å². The number of nitrogens with zero attached hydrogens (tertiary/aromatic N) is 1. The van der Waals surface area contributed by atoms with Crippen LogP contribution in [0, 0.1) is 11.8 Å². The average molecular weight is 944 g/mol. The number of aliphatic carboxylic acids is 1. The average Bonchev–Trinajstić information content (AvgIpc) is 3.28. The maximum atomic E-state index is 14.1. The summed E-state index contributed by atoms with van der Waals surface area (Å²) < 4.78 is 22.9. The Hall–Kier alpha value is -4.52. The molecule has 0 aromatic heterocycles. The van der Waals surface area contributed by atoms with E-state index in [2.05, 4.69) is 10.6 Å². The van der Waals surface area contributed by atoms with Crippen molar-refractivity contribution in [1.29, 1.82) is 0 Å². The van der Waals surface area contributed by atoms with Crippen LogP contribution in [0.5, 0.6) is 5.75 Å². The Balaban J connectivity index is 0.00000648. The van der Waals surface area contributed by atoms with E-state index in [0.29, 0.717) is 0 Å². The molecular formula is C44H46N3NaO17S. The Morgan fingerprint density at radius 3 is 2.36 bits per heavy atom. The third-order valence-corrected chi connectivity index (χ3v) is 14.4. The zero-order valence-electron chi connectivity index (χ0n) is 35.9. The number of β-lactam (4-membered cyclic amide) rings is 1. The smallest absolute Gasteiger partial charge is 0.543 e. The number of amides is 3. The summed E-state index contributed by atoms with van der Waals surface area (Å²) in [4.78, 5) is 93.3. The quantitative estimate of drug-likeness (QED) is 0.0775. The van der Waals surface area contributed by atoms with Gasteiger partial charge >= 0.3 is 35.7 Å². The number of ether oxygens (including phenoxy) is 4. The van der Waals surface area contributed by atoms with Crippen molar-refractivity contribution in [1.82, 2.24) is 15.5 Å². The number of carbonyl (C=O) groups excluding carboxylic acids is 7. The molecule has 0 spiro atoms. The molecule has 3 heterocycles. The Morgan fingerprint density at radius 2 is 1.68 bits per heavy atom. The normalized spacial score (nSPS) is 32.4. The van der Waals surface area contributed by atoms with Gasteiger partial charge in [0.2, 0.25) is 5.91 Å². The van der Waals surface area contributed by atoms with Crippen LogP contribution in [0.15, 0.2) is 70.9 Å². The van der Waals surface area contributed by atoms with E-state index < -0.39 is 156 Å². The third kappa shape index (κ3) is 8.86. The van der Waals surface area contributed by atoms with Gasteiger partial charge in [0.25, 0.3) is 5.91 Å². The first-order valence-corrected chi connectivity index (χ1v) is 21.9. The molecular weight excluding hydrogens is 898 g/mol. The number of aliphatic hydroxyl groups excluding tert-OH is 4. The number of methoxy groups -OCH3 is 1. The largest absolute Gasteiger partial charge is 1.00 e. The summed E-state index contributed by atoms with van der Waals surface area (Å²) in [6, 6.07) is 11.0. The Morgan fingerprint density at radius 1 is 0.970 bits per heavy atom. The minimum atomic E-state index is -2.34. The van der Waals surface area contributed by atoms with Gasteiger partial charge in [0.15, 0.2) is 23.6 Å². The predicted molar refractivity (Wildman–Crippen MR) is 219 cm³/mol. The second kappa shape index (κ2) is 19.6. The van der Waals surface area contributed by atoms with E-state index in [1.54, 1.807) is 30.3 Å². The minimum Gasteiger partial charge on any atom is -0.543 e. The topological polar surface area (TPSA) is 308 Å². The molecule has 20 nitrogen and oxygen atoms in total. The van der Waals surface area contributed by atoms with Crippen LogP contribution >= 0.6 is 11.8 Å². The number of Topliss-reactive ketones (excluding diaryl/α,β-unsaturated/α-hetero) is 3. The summed E-state index contributed by atoms with van der Waals surface area (Å²) in [7, 11) is 1.30. The van der Waals surface area contributed by atoms with Gasteiger partial charge in [0.05, 0.1) is 61.2 Å². The van der Waals surface area contributed by atoms with Gasteiger partial charge < -0.3 is 65.0 Å². The Bertz CT molecular complexity index is 2400. The molecule has 8 unspecified atom stereocenters. The van der Waals surface area contributed by atoms with E-state index >= 15 is 0 Å². The number of carboxylic acids is 1. The Labute approximate surface area is 402 Å². The fraction of sp³-hybridized carbons (Fsp3) is 0.477. The monoisotopic (exact) mass is 943 g/mol. The molecule has 3 aliphatic heterocycles. The van der Waals surface area contributed by atoms with Crippen LogP contribution in [-0.2, 0) is 39.8 Å². The molecule has 346 valence electrons. The molecule has 6 aliphatic rings. The number of rotatable bonds is 12. The van der Waals surface area contributed by atoms with Crippen LogP contribution in [0.1, 0.15) is 52.5 Å². The summed E-state index contributed by atoms with van der Waals surface area (Å²) in [6.07, 6.45) is -11.2. The number of fused-ring (bicyclic) bond motifs is 3. The summed E-state index contributed by atoms with van der Waals surface area (Å²) in [6.45, 7) is -0.244. The molecule has 2 saturated heterocycles. The maximum Gasteiger partial charge on any atom is 1.00 e. The van der Waals surface area contributed by atoms with E-state index in [-0.39, 0.29) is 70.6 Å². The molecule has 7 N–H and O–H groups in total. The second-order valence-electron chi connectivity index (χ2n) is 16.9. The number of carboxylic acid groups (broad SMARTS) is 1. The van der Waals surface area contributed by atoms with Crippen LogP contribution in [0.25, 0.3) is 0 Å². The summed E-state index contributed by atoms with van der Waals surface area (Å²) >= 11 is 1.15. The van der Waals surface area contributed by atoms with Gasteiger partial charge in [-0.25, -0.2) is 4.79 Å². The fourth-order valence-corrected chi connectivity index (χ4v) is 11.2. The van der Waals surface area contributed by atoms with Crippen molar-refractivity contribution in [3.05, 3.63) is 87.6 Å². The Kier molecular flexibility index (Phi) is 14.7. The number of thioether (sulfide) groups is 1. The van der Waals surface area contributed by atoms with Crippen LogP contribution in [-0.4, -0.2) is 158 Å². The van der Waals surface area contributed by atoms with Gasteiger partial charge in [-0.05, 0) is 25.0 Å². The summed E-state index contributed by atoms with van der Waals surface area (Å²) in [5.41, 5.74) is -3.09. The first-order chi connectivity index (χ1) is 31.0. The molecule has 2 aromatic carbocycles. The zero-order valence-corrected chi connectivity index (χ0v) is 38.7. The standard InChI is InChI=1S/C44H47N3O17S.Na/c1-18-35(51)23(45-43(59)62-16-20-17-65-41-33(40(56)47(41)34(20)42(57)58)46-27(50)11-19-7-4-3-5-8-19)12-28(63-18)64-25-14-44(60,26(49)15-48)13-22-30(25)39(55)32-31(37(22)53)36(52)21-9-6-10-24(61-2)29(21)38(32)54;/h3-10,18,22-23,25,28,30,33,35,37,39,41,48,51,53,55,60H,11-17H2,1-2H3,(H,45,59)(H,46,50)(H,57,58);/q;+1/p-1/t18?,22?,23?,25-,28?,30?,33+,35?,37?,39?,41+,44-;/m0./s1. The molecule has 1 saturated carbocycles. The van der Waals surface area contributed by atoms with E-state index in [4.69, 9.17) is 18.9 Å². The number of carbonyl (C=O) groups is 7. The van der Waals surface area contributed by atoms with E-state index in [9.17, 15) is 64.2 Å². The SMILES string of the molecule is COc1cccc2c1C(=O)C1=C(C2=O)C(O)C2C[C@@](O)(C(=O)CO)C[C@H](OC3CC(NC(=O)OCC4=C(C(=O)[O-])N5C(=O)[C@@H](NC(=O)Cc6ccccc6)[C@H]5SC4)C(O)C(C)O3)C2C1O.[Na+].